The van der Waals surface area contributed by atoms with Gasteiger partial charge < -0.3 is 10.2 Å². The van der Waals surface area contributed by atoms with Crippen molar-refractivity contribution in [1.82, 2.24) is 4.90 Å². The Labute approximate surface area is 119 Å². The molecule has 1 N–H and O–H groups in total. The highest BCUT2D eigenvalue weighted by molar-refractivity contribution is 5.88. The van der Waals surface area contributed by atoms with Gasteiger partial charge in [0.15, 0.2) is 0 Å². The Kier molecular flexibility index (Phi) is 4.77. The number of benzene rings is 1. The molecule has 0 saturated carbocycles. The molecule has 0 aliphatic carbocycles. The SMILES string of the molecule is CC(C)=CC(=O)N1CCC[C@@H](Nc2ccc(F)cc2)C1. The first-order valence-corrected chi connectivity index (χ1v) is 7.00. The quantitative estimate of drug-likeness (QED) is 0.860. The van der Waals surface area contributed by atoms with Crippen LogP contribution in [-0.2, 0) is 4.79 Å². The molecule has 1 atom stereocenters. The van der Waals surface area contributed by atoms with Gasteiger partial charge in [-0.05, 0) is 51.0 Å². The number of carbonyl (C=O) groups excluding carboxylic acids is 1. The molecule has 108 valence electrons. The smallest absolute Gasteiger partial charge is 0.246 e. The molecule has 3 nitrogen and oxygen atoms in total. The van der Waals surface area contributed by atoms with Crippen molar-refractivity contribution in [2.24, 2.45) is 0 Å². The van der Waals surface area contributed by atoms with Gasteiger partial charge in [0.05, 0.1) is 0 Å². The van der Waals surface area contributed by atoms with Gasteiger partial charge in [-0.3, -0.25) is 4.79 Å². The number of rotatable bonds is 3. The van der Waals surface area contributed by atoms with E-state index in [9.17, 15) is 9.18 Å². The van der Waals surface area contributed by atoms with E-state index < -0.39 is 0 Å². The number of nitrogens with one attached hydrogen (secondary N) is 1. The normalized spacial score (nSPS) is 18.6. The van der Waals surface area contributed by atoms with Crippen LogP contribution in [0.3, 0.4) is 0 Å². The second-order valence-electron chi connectivity index (χ2n) is 5.50. The van der Waals surface area contributed by atoms with Crippen molar-refractivity contribution in [3.8, 4) is 0 Å². The summed E-state index contributed by atoms with van der Waals surface area (Å²) in [6.07, 6.45) is 3.69. The molecule has 1 aliphatic heterocycles. The predicted octanol–water partition coefficient (Wildman–Crippen LogP) is 3.19. The van der Waals surface area contributed by atoms with Crippen LogP contribution in [0.25, 0.3) is 0 Å². The molecule has 2 rings (SSSR count). The van der Waals surface area contributed by atoms with E-state index >= 15 is 0 Å². The molecule has 0 spiro atoms. The van der Waals surface area contributed by atoms with Gasteiger partial charge in [0.1, 0.15) is 5.82 Å². The van der Waals surface area contributed by atoms with Crippen LogP contribution in [0.15, 0.2) is 35.9 Å². The molecule has 0 radical (unpaired) electrons. The molecular formula is C16H21FN2O. The Bertz CT molecular complexity index is 492. The summed E-state index contributed by atoms with van der Waals surface area (Å²) in [7, 11) is 0. The third kappa shape index (κ3) is 4.08. The van der Waals surface area contributed by atoms with E-state index in [0.717, 1.165) is 30.6 Å². The van der Waals surface area contributed by atoms with Crippen molar-refractivity contribution in [3.63, 3.8) is 0 Å². The third-order valence-electron chi connectivity index (χ3n) is 3.36. The lowest BCUT2D eigenvalue weighted by molar-refractivity contribution is -0.127. The van der Waals surface area contributed by atoms with Crippen LogP contribution in [0.2, 0.25) is 0 Å². The summed E-state index contributed by atoms with van der Waals surface area (Å²) in [4.78, 5) is 13.9. The van der Waals surface area contributed by atoms with Gasteiger partial charge in [0.25, 0.3) is 0 Å². The molecular weight excluding hydrogens is 255 g/mol. The highest BCUT2D eigenvalue weighted by atomic mass is 19.1. The maximum absolute atomic E-state index is 12.9. The molecule has 1 aliphatic rings. The van der Waals surface area contributed by atoms with E-state index in [1.54, 1.807) is 18.2 Å². The monoisotopic (exact) mass is 276 g/mol. The minimum absolute atomic E-state index is 0.0793. The summed E-state index contributed by atoms with van der Waals surface area (Å²) in [6, 6.07) is 6.57. The number of halogens is 1. The second-order valence-corrected chi connectivity index (χ2v) is 5.50. The largest absolute Gasteiger partial charge is 0.381 e. The van der Waals surface area contributed by atoms with E-state index in [4.69, 9.17) is 0 Å². The summed E-state index contributed by atoms with van der Waals surface area (Å²) in [5.74, 6) is -0.157. The van der Waals surface area contributed by atoms with Crippen molar-refractivity contribution >= 4 is 11.6 Å². The van der Waals surface area contributed by atoms with Gasteiger partial charge in [0.2, 0.25) is 5.91 Å². The van der Waals surface area contributed by atoms with Gasteiger partial charge in [0, 0.05) is 30.9 Å². The molecule has 1 saturated heterocycles. The second kappa shape index (κ2) is 6.55. The number of anilines is 1. The molecule has 1 heterocycles. The molecule has 0 aromatic heterocycles. The number of allylic oxidation sites excluding steroid dienone is 1. The number of nitrogens with zero attached hydrogens (tertiary/aromatic N) is 1. The average Bonchev–Trinajstić information content (AvgIpc) is 2.41. The van der Waals surface area contributed by atoms with Crippen LogP contribution in [-0.4, -0.2) is 29.9 Å². The predicted molar refractivity (Wildman–Crippen MR) is 79.1 cm³/mol. The van der Waals surface area contributed by atoms with Crippen molar-refractivity contribution in [2.75, 3.05) is 18.4 Å². The van der Waals surface area contributed by atoms with Crippen LogP contribution in [0.5, 0.6) is 0 Å². The van der Waals surface area contributed by atoms with E-state index in [1.807, 2.05) is 18.7 Å². The first kappa shape index (κ1) is 14.6. The molecule has 1 aromatic carbocycles. The lowest BCUT2D eigenvalue weighted by atomic mass is 10.0. The number of piperidine rings is 1. The summed E-state index contributed by atoms with van der Waals surface area (Å²) in [5, 5.41) is 3.36. The number of carbonyl (C=O) groups is 1. The van der Waals surface area contributed by atoms with Crippen molar-refractivity contribution in [3.05, 3.63) is 41.7 Å². The van der Waals surface area contributed by atoms with Crippen molar-refractivity contribution < 1.29 is 9.18 Å². The summed E-state index contributed by atoms with van der Waals surface area (Å²) >= 11 is 0. The van der Waals surface area contributed by atoms with Crippen molar-refractivity contribution in [1.29, 1.82) is 0 Å². The highest BCUT2D eigenvalue weighted by Crippen LogP contribution is 2.17. The third-order valence-corrected chi connectivity index (χ3v) is 3.36. The fourth-order valence-electron chi connectivity index (χ4n) is 2.42. The Morgan fingerprint density at radius 1 is 1.35 bits per heavy atom. The minimum Gasteiger partial charge on any atom is -0.381 e. The summed E-state index contributed by atoms with van der Waals surface area (Å²) in [5.41, 5.74) is 1.91. The lowest BCUT2D eigenvalue weighted by Crippen LogP contribution is -2.44. The fourth-order valence-corrected chi connectivity index (χ4v) is 2.42. The summed E-state index contributed by atoms with van der Waals surface area (Å²) < 4.78 is 12.9. The maximum Gasteiger partial charge on any atom is 0.246 e. The Hall–Kier alpha value is -1.84. The Balaban J connectivity index is 1.95. The van der Waals surface area contributed by atoms with Gasteiger partial charge >= 0.3 is 0 Å². The number of hydrogen-bond acceptors (Lipinski definition) is 2. The zero-order valence-electron chi connectivity index (χ0n) is 12.0. The molecule has 0 bridgehead atoms. The molecule has 0 unspecified atom stereocenters. The average molecular weight is 276 g/mol. The Morgan fingerprint density at radius 2 is 2.05 bits per heavy atom. The number of likely N-dealkylation sites (tertiary alicyclic amines) is 1. The standard InChI is InChI=1S/C16H21FN2O/c1-12(2)10-16(20)19-9-3-4-15(11-19)18-14-7-5-13(17)6-8-14/h5-8,10,15,18H,3-4,9,11H2,1-2H3/t15-/m1/s1. The van der Waals surface area contributed by atoms with Crippen LogP contribution in [0.1, 0.15) is 26.7 Å². The minimum atomic E-state index is -0.237. The zero-order chi connectivity index (χ0) is 14.5. The maximum atomic E-state index is 12.9. The molecule has 1 amide bonds. The van der Waals surface area contributed by atoms with Crippen LogP contribution < -0.4 is 5.32 Å². The summed E-state index contributed by atoms with van der Waals surface area (Å²) in [6.45, 7) is 5.36. The highest BCUT2D eigenvalue weighted by Gasteiger charge is 2.22. The molecule has 1 fully saturated rings. The van der Waals surface area contributed by atoms with E-state index in [1.165, 1.54) is 12.1 Å². The van der Waals surface area contributed by atoms with Gasteiger partial charge in [-0.2, -0.15) is 0 Å². The molecule has 1 aromatic rings. The molecule has 20 heavy (non-hydrogen) atoms. The fraction of sp³-hybridized carbons (Fsp3) is 0.438. The van der Waals surface area contributed by atoms with E-state index in [2.05, 4.69) is 5.32 Å². The van der Waals surface area contributed by atoms with E-state index in [0.29, 0.717) is 6.54 Å². The van der Waals surface area contributed by atoms with Crippen LogP contribution in [0.4, 0.5) is 10.1 Å². The van der Waals surface area contributed by atoms with Crippen LogP contribution in [0, 0.1) is 5.82 Å². The first-order chi connectivity index (χ1) is 9.54. The lowest BCUT2D eigenvalue weighted by Gasteiger charge is -2.33. The van der Waals surface area contributed by atoms with Crippen LogP contribution >= 0.6 is 0 Å². The topological polar surface area (TPSA) is 32.3 Å². The zero-order valence-corrected chi connectivity index (χ0v) is 12.0. The molecule has 4 heteroatoms. The van der Waals surface area contributed by atoms with Gasteiger partial charge in [-0.25, -0.2) is 4.39 Å². The first-order valence-electron chi connectivity index (χ1n) is 7.00. The Morgan fingerprint density at radius 3 is 2.70 bits per heavy atom. The van der Waals surface area contributed by atoms with Crippen molar-refractivity contribution in [2.45, 2.75) is 32.7 Å². The van der Waals surface area contributed by atoms with Gasteiger partial charge in [-0.1, -0.05) is 5.57 Å². The number of hydrogen-bond donors (Lipinski definition) is 1. The van der Waals surface area contributed by atoms with Gasteiger partial charge in [-0.15, -0.1) is 0 Å². The number of amides is 1. The van der Waals surface area contributed by atoms with E-state index in [-0.39, 0.29) is 17.8 Å².